The second-order valence-corrected chi connectivity index (χ2v) is 16.0. The van der Waals surface area contributed by atoms with Crippen molar-refractivity contribution >= 4 is 5.97 Å². The quantitative estimate of drug-likeness (QED) is 0.298. The molecule has 4 aliphatic carbocycles. The summed E-state index contributed by atoms with van der Waals surface area (Å²) in [4.78, 5) is 17.7. The summed E-state index contributed by atoms with van der Waals surface area (Å²) >= 11 is 0. The van der Waals surface area contributed by atoms with Crippen LogP contribution in [0.3, 0.4) is 0 Å². The number of likely N-dealkylation sites (N-methyl/N-ethyl adjacent to an activating group) is 1. The third-order valence-corrected chi connectivity index (χ3v) is 13.8. The number of likely N-dealkylation sites (tertiary alicyclic amines) is 1. The van der Waals surface area contributed by atoms with Crippen LogP contribution in [-0.4, -0.2) is 114 Å². The zero-order chi connectivity index (χ0) is 29.2. The van der Waals surface area contributed by atoms with Gasteiger partial charge in [-0.25, -0.2) is 0 Å². The third kappa shape index (κ3) is 5.24. The number of aliphatic hydroxyl groups is 2. The number of nitrogens with zero attached hydrogens (tertiary/aromatic N) is 3. The van der Waals surface area contributed by atoms with E-state index in [1.807, 2.05) is 0 Å². The normalized spacial score (nSPS) is 47.2. The first-order valence-electron chi connectivity index (χ1n) is 16.9. The molecule has 232 valence electrons. The lowest BCUT2D eigenvalue weighted by atomic mass is 9.44. The molecular weight excluding hydrogens is 514 g/mol. The van der Waals surface area contributed by atoms with Gasteiger partial charge in [0.05, 0.1) is 38.9 Å². The molecule has 0 aromatic rings. The number of esters is 1. The number of rotatable bonds is 5. The summed E-state index contributed by atoms with van der Waals surface area (Å²) in [6, 6.07) is 0.536. The lowest BCUT2D eigenvalue weighted by Gasteiger charge is -2.62. The van der Waals surface area contributed by atoms with Crippen molar-refractivity contribution in [1.29, 1.82) is 0 Å². The Morgan fingerprint density at radius 3 is 2.29 bits per heavy atom. The van der Waals surface area contributed by atoms with Gasteiger partial charge in [0.15, 0.2) is 0 Å². The van der Waals surface area contributed by atoms with Gasteiger partial charge in [-0.2, -0.15) is 0 Å². The minimum Gasteiger partial charge on any atom is -0.460 e. The van der Waals surface area contributed by atoms with Crippen LogP contribution in [0, 0.1) is 34.5 Å². The van der Waals surface area contributed by atoms with Crippen LogP contribution < -0.4 is 0 Å². The van der Waals surface area contributed by atoms with Gasteiger partial charge >= 0.3 is 5.97 Å². The van der Waals surface area contributed by atoms with Gasteiger partial charge in [-0.1, -0.05) is 20.4 Å². The zero-order valence-corrected chi connectivity index (χ0v) is 26.3. The highest BCUT2D eigenvalue weighted by atomic mass is 16.5. The molecule has 2 aliphatic heterocycles. The number of hydrogen-bond acceptors (Lipinski definition) is 6. The SMILES string of the molecule is C=CC[N+]1(C)CCN([C@H]2C[C@H]3[C@@H]4CC[C@H]5C[C@H](O)[C@@H](N6CCC(O)CC6)C[C@]5(C)[C@H]4CC[C@]3(C)[C@H]2OC(C)=O)CC1. The second kappa shape index (κ2) is 11.2. The van der Waals surface area contributed by atoms with Crippen LogP contribution in [0.25, 0.3) is 0 Å². The summed E-state index contributed by atoms with van der Waals surface area (Å²) in [6.07, 6.45) is 11.3. The average molecular weight is 573 g/mol. The Balaban J connectivity index is 1.23. The Morgan fingerprint density at radius 2 is 1.63 bits per heavy atom. The predicted molar refractivity (Wildman–Crippen MR) is 161 cm³/mol. The van der Waals surface area contributed by atoms with Crippen LogP contribution in [0.15, 0.2) is 12.7 Å². The highest BCUT2D eigenvalue weighted by Gasteiger charge is 2.65. The number of piperidine rings is 1. The van der Waals surface area contributed by atoms with E-state index in [0.29, 0.717) is 29.7 Å². The van der Waals surface area contributed by atoms with E-state index in [4.69, 9.17) is 4.74 Å². The zero-order valence-electron chi connectivity index (χ0n) is 26.3. The van der Waals surface area contributed by atoms with E-state index in [0.717, 1.165) is 88.8 Å². The van der Waals surface area contributed by atoms with E-state index < -0.39 is 0 Å². The first-order chi connectivity index (χ1) is 19.5. The monoisotopic (exact) mass is 572 g/mol. The topological polar surface area (TPSA) is 73.2 Å². The molecule has 0 aromatic heterocycles. The van der Waals surface area contributed by atoms with Crippen LogP contribution in [0.4, 0.5) is 0 Å². The molecule has 0 spiro atoms. The molecule has 0 radical (unpaired) electrons. The van der Waals surface area contributed by atoms with Gasteiger partial charge in [0.1, 0.15) is 6.10 Å². The number of fused-ring (bicyclic) bond motifs is 5. The van der Waals surface area contributed by atoms with Crippen molar-refractivity contribution in [3.63, 3.8) is 0 Å². The molecule has 2 saturated heterocycles. The number of piperazine rings is 1. The molecule has 6 aliphatic rings. The summed E-state index contributed by atoms with van der Waals surface area (Å²) in [5.41, 5.74) is 0.280. The highest BCUT2D eigenvalue weighted by molar-refractivity contribution is 5.66. The lowest BCUT2D eigenvalue weighted by Crippen LogP contribution is -2.61. The summed E-state index contributed by atoms with van der Waals surface area (Å²) < 4.78 is 7.37. The van der Waals surface area contributed by atoms with Crippen molar-refractivity contribution < 1.29 is 24.2 Å². The van der Waals surface area contributed by atoms with E-state index in [1.54, 1.807) is 6.92 Å². The fourth-order valence-corrected chi connectivity index (χ4v) is 11.4. The Morgan fingerprint density at radius 1 is 0.951 bits per heavy atom. The van der Waals surface area contributed by atoms with Gasteiger partial charge in [0.2, 0.25) is 0 Å². The van der Waals surface area contributed by atoms with Crippen molar-refractivity contribution in [2.75, 3.05) is 52.9 Å². The number of carbonyl (C=O) groups excluding carboxylic acids is 1. The van der Waals surface area contributed by atoms with Crippen LogP contribution >= 0.6 is 0 Å². The summed E-state index contributed by atoms with van der Waals surface area (Å²) in [6.45, 7) is 17.8. The smallest absolute Gasteiger partial charge is 0.302 e. The van der Waals surface area contributed by atoms with Gasteiger partial charge in [0.25, 0.3) is 0 Å². The van der Waals surface area contributed by atoms with Gasteiger partial charge in [-0.3, -0.25) is 14.6 Å². The molecule has 0 aromatic carbocycles. The molecule has 4 saturated carbocycles. The molecular formula is C34H58N3O4+. The number of carbonyl (C=O) groups is 1. The molecule has 0 unspecified atom stereocenters. The summed E-state index contributed by atoms with van der Waals surface area (Å²) in [5, 5.41) is 21.4. The third-order valence-electron chi connectivity index (χ3n) is 13.8. The number of ether oxygens (including phenoxy) is 1. The standard InChI is InChI=1S/C34H58N3O4/c1-6-17-37(5)18-15-36(16-19-37)29-21-28-26-8-7-24-20-31(40)30(35-13-10-25(39)11-14-35)22-34(24,4)27(26)9-12-33(28,3)32(29)41-23(2)38/h6,24-32,39-40H,1,7-22H2,2-5H3/q+1/t24-,26+,27-,28-,29-,30-,31-,32-,33-,34-/m0/s1. The van der Waals surface area contributed by atoms with Crippen LogP contribution in [0.5, 0.6) is 0 Å². The molecule has 7 heteroatoms. The van der Waals surface area contributed by atoms with E-state index >= 15 is 0 Å². The minimum atomic E-state index is -0.248. The molecule has 0 amide bonds. The fourth-order valence-electron chi connectivity index (χ4n) is 11.4. The van der Waals surface area contributed by atoms with Crippen molar-refractivity contribution in [3.8, 4) is 0 Å². The Kier molecular flexibility index (Phi) is 8.19. The number of aliphatic hydroxyl groups excluding tert-OH is 2. The number of quaternary nitrogens is 1. The van der Waals surface area contributed by atoms with Crippen LogP contribution in [0.2, 0.25) is 0 Å². The Bertz CT molecular complexity index is 975. The molecule has 6 fully saturated rings. The largest absolute Gasteiger partial charge is 0.460 e. The Labute approximate surface area is 248 Å². The maximum atomic E-state index is 12.5. The highest BCUT2D eigenvalue weighted by Crippen LogP contribution is 2.67. The van der Waals surface area contributed by atoms with Crippen LogP contribution in [0.1, 0.15) is 78.6 Å². The summed E-state index contributed by atoms with van der Waals surface area (Å²) in [7, 11) is 2.35. The number of hydrogen-bond donors (Lipinski definition) is 2. The predicted octanol–water partition coefficient (Wildman–Crippen LogP) is 3.68. The maximum absolute atomic E-state index is 12.5. The van der Waals surface area contributed by atoms with Gasteiger partial charge in [0, 0.05) is 50.6 Å². The second-order valence-electron chi connectivity index (χ2n) is 16.0. The molecule has 10 atom stereocenters. The fraction of sp³-hybridized carbons (Fsp3) is 0.912. The first-order valence-corrected chi connectivity index (χ1v) is 16.9. The van der Waals surface area contributed by atoms with E-state index in [2.05, 4.69) is 43.3 Å². The van der Waals surface area contributed by atoms with Gasteiger partial charge in [-0.15, -0.1) is 0 Å². The van der Waals surface area contributed by atoms with E-state index in [1.165, 1.54) is 19.3 Å². The van der Waals surface area contributed by atoms with Gasteiger partial charge < -0.3 is 19.4 Å². The van der Waals surface area contributed by atoms with Crippen molar-refractivity contribution in [1.82, 2.24) is 9.80 Å². The molecule has 2 N–H and O–H groups in total. The molecule has 2 heterocycles. The molecule has 0 bridgehead atoms. The van der Waals surface area contributed by atoms with Crippen LogP contribution in [-0.2, 0) is 9.53 Å². The lowest BCUT2D eigenvalue weighted by molar-refractivity contribution is -0.908. The maximum Gasteiger partial charge on any atom is 0.302 e. The van der Waals surface area contributed by atoms with Crippen molar-refractivity contribution in [2.24, 2.45) is 34.5 Å². The van der Waals surface area contributed by atoms with Gasteiger partial charge in [-0.05, 0) is 93.0 Å². The molecule has 41 heavy (non-hydrogen) atoms. The van der Waals surface area contributed by atoms with Crippen molar-refractivity contribution in [2.45, 2.75) is 109 Å². The Hall–Kier alpha value is -0.990. The average Bonchev–Trinajstić information content (AvgIpc) is 3.21. The van der Waals surface area contributed by atoms with E-state index in [9.17, 15) is 15.0 Å². The minimum absolute atomic E-state index is 0.0200. The molecule has 7 nitrogen and oxygen atoms in total. The van der Waals surface area contributed by atoms with Crippen molar-refractivity contribution in [3.05, 3.63) is 12.7 Å². The first kappa shape index (κ1) is 30.1. The molecule has 6 rings (SSSR count). The summed E-state index contributed by atoms with van der Waals surface area (Å²) in [5.74, 6) is 2.40. The van der Waals surface area contributed by atoms with E-state index in [-0.39, 0.29) is 41.2 Å².